The van der Waals surface area contributed by atoms with E-state index in [4.69, 9.17) is 9.47 Å². The molecule has 2 rings (SSSR count). The van der Waals surface area contributed by atoms with Gasteiger partial charge in [0, 0.05) is 12.8 Å². The van der Waals surface area contributed by atoms with Crippen molar-refractivity contribution in [2.45, 2.75) is 52.4 Å². The summed E-state index contributed by atoms with van der Waals surface area (Å²) in [5.74, 6) is 1.24. The number of hydrazone groups is 2. The summed E-state index contributed by atoms with van der Waals surface area (Å²) in [5, 5.41) is 7.93. The van der Waals surface area contributed by atoms with Crippen molar-refractivity contribution in [1.82, 2.24) is 10.9 Å². The summed E-state index contributed by atoms with van der Waals surface area (Å²) in [4.78, 5) is 23.8. The van der Waals surface area contributed by atoms with Crippen LogP contribution in [0.15, 0.2) is 58.7 Å². The highest BCUT2D eigenvalue weighted by atomic mass is 16.5. The predicted molar refractivity (Wildman–Crippen MR) is 134 cm³/mol. The number of carbonyl (C=O) groups is 2. The Hall–Kier alpha value is -3.68. The molecule has 8 nitrogen and oxygen atoms in total. The molecule has 8 heteroatoms. The van der Waals surface area contributed by atoms with Crippen LogP contribution in [-0.2, 0) is 9.59 Å². The number of nitrogens with one attached hydrogen (secondary N) is 2. The molecular formula is C26H34N4O4. The summed E-state index contributed by atoms with van der Waals surface area (Å²) in [6.07, 6.45) is 6.84. The van der Waals surface area contributed by atoms with Gasteiger partial charge in [-0.15, -0.1) is 0 Å². The van der Waals surface area contributed by atoms with Gasteiger partial charge in [0.2, 0.25) is 11.8 Å². The first-order valence-electron chi connectivity index (χ1n) is 11.7. The van der Waals surface area contributed by atoms with Crippen molar-refractivity contribution in [3.8, 4) is 11.5 Å². The van der Waals surface area contributed by atoms with Crippen LogP contribution in [0.3, 0.4) is 0 Å². The first kappa shape index (κ1) is 26.6. The fourth-order valence-corrected chi connectivity index (χ4v) is 2.78. The molecule has 0 spiro atoms. The zero-order valence-corrected chi connectivity index (χ0v) is 20.0. The van der Waals surface area contributed by atoms with Gasteiger partial charge in [-0.05, 0) is 85.3 Å². The van der Waals surface area contributed by atoms with Gasteiger partial charge >= 0.3 is 0 Å². The summed E-state index contributed by atoms with van der Waals surface area (Å²) < 4.78 is 11.1. The van der Waals surface area contributed by atoms with Gasteiger partial charge in [-0.2, -0.15) is 10.2 Å². The molecule has 182 valence electrons. The Bertz CT molecular complexity index is 847. The molecule has 0 bridgehead atoms. The first-order valence-corrected chi connectivity index (χ1v) is 11.7. The molecule has 0 unspecified atom stereocenters. The predicted octanol–water partition coefficient (Wildman–Crippen LogP) is 4.43. The van der Waals surface area contributed by atoms with Crippen molar-refractivity contribution in [3.63, 3.8) is 0 Å². The number of nitrogens with zero attached hydrogens (tertiary/aromatic N) is 2. The highest BCUT2D eigenvalue weighted by molar-refractivity contribution is 5.83. The molecule has 0 atom stereocenters. The summed E-state index contributed by atoms with van der Waals surface area (Å²) in [5.41, 5.74) is 6.73. The molecule has 2 aromatic carbocycles. The van der Waals surface area contributed by atoms with Crippen molar-refractivity contribution < 1.29 is 19.1 Å². The lowest BCUT2D eigenvalue weighted by Gasteiger charge is -2.04. The number of carbonyl (C=O) groups excluding carboxylic acids is 2. The number of ether oxygens (including phenoxy) is 2. The lowest BCUT2D eigenvalue weighted by Crippen LogP contribution is -2.19. The van der Waals surface area contributed by atoms with Crippen LogP contribution in [0.5, 0.6) is 11.5 Å². The SMILES string of the molecule is CCCOc1ccc(C=NNC(=O)CCCCC(=O)NN=Cc2ccc(OCCC)cc2)cc1. The molecule has 0 aliphatic heterocycles. The summed E-state index contributed by atoms with van der Waals surface area (Å²) in [6.45, 7) is 5.48. The molecule has 2 amide bonds. The molecule has 0 saturated heterocycles. The molecule has 0 aromatic heterocycles. The van der Waals surface area contributed by atoms with E-state index in [2.05, 4.69) is 34.9 Å². The van der Waals surface area contributed by atoms with E-state index in [-0.39, 0.29) is 11.8 Å². The monoisotopic (exact) mass is 466 g/mol. The summed E-state index contributed by atoms with van der Waals surface area (Å²) >= 11 is 0. The van der Waals surface area contributed by atoms with Gasteiger partial charge in [0.15, 0.2) is 0 Å². The van der Waals surface area contributed by atoms with E-state index in [1.807, 2.05) is 48.5 Å². The van der Waals surface area contributed by atoms with Crippen LogP contribution in [0.25, 0.3) is 0 Å². The van der Waals surface area contributed by atoms with Crippen LogP contribution >= 0.6 is 0 Å². The van der Waals surface area contributed by atoms with Crippen molar-refractivity contribution in [2.75, 3.05) is 13.2 Å². The van der Waals surface area contributed by atoms with Crippen molar-refractivity contribution in [2.24, 2.45) is 10.2 Å². The van der Waals surface area contributed by atoms with Crippen molar-refractivity contribution >= 4 is 24.2 Å². The first-order chi connectivity index (χ1) is 16.6. The zero-order valence-electron chi connectivity index (χ0n) is 20.0. The molecule has 2 aromatic rings. The van der Waals surface area contributed by atoms with Crippen molar-refractivity contribution in [1.29, 1.82) is 0 Å². The van der Waals surface area contributed by atoms with Gasteiger partial charge in [0.05, 0.1) is 25.6 Å². The zero-order chi connectivity index (χ0) is 24.4. The minimum atomic E-state index is -0.191. The van der Waals surface area contributed by atoms with E-state index < -0.39 is 0 Å². The third-order valence-electron chi connectivity index (χ3n) is 4.57. The molecule has 0 heterocycles. The highest BCUT2D eigenvalue weighted by Gasteiger charge is 2.03. The number of unbranched alkanes of at least 4 members (excludes halogenated alkanes) is 1. The van der Waals surface area contributed by atoms with Crippen LogP contribution in [0.4, 0.5) is 0 Å². The van der Waals surface area contributed by atoms with Gasteiger partial charge < -0.3 is 9.47 Å². The average molecular weight is 467 g/mol. The van der Waals surface area contributed by atoms with E-state index in [1.165, 1.54) is 0 Å². The molecule has 0 saturated carbocycles. The Labute approximate surface area is 201 Å². The van der Waals surface area contributed by atoms with Gasteiger partial charge in [-0.3, -0.25) is 9.59 Å². The maximum absolute atomic E-state index is 11.9. The second-order valence-electron chi connectivity index (χ2n) is 7.63. The van der Waals surface area contributed by atoms with Crippen molar-refractivity contribution in [3.05, 3.63) is 59.7 Å². The summed E-state index contributed by atoms with van der Waals surface area (Å²) in [7, 11) is 0. The van der Waals surface area contributed by atoms with E-state index in [9.17, 15) is 9.59 Å². The smallest absolute Gasteiger partial charge is 0.240 e. The second kappa shape index (κ2) is 16.0. The van der Waals surface area contributed by atoms with Gasteiger partial charge in [-0.1, -0.05) is 13.8 Å². The lowest BCUT2D eigenvalue weighted by molar-refractivity contribution is -0.123. The minimum Gasteiger partial charge on any atom is -0.494 e. The standard InChI is InChI=1S/C26H34N4O4/c1-3-17-33-23-13-9-21(10-14-23)19-27-29-25(31)7-5-6-8-26(32)30-28-20-22-11-15-24(16-12-22)34-18-4-2/h9-16,19-20H,3-8,17-18H2,1-2H3,(H,29,31)(H,30,32). The maximum atomic E-state index is 11.9. The molecule has 2 N–H and O–H groups in total. The summed E-state index contributed by atoms with van der Waals surface area (Å²) in [6, 6.07) is 15.0. The molecule has 0 fully saturated rings. The van der Waals surface area contributed by atoms with Crippen LogP contribution < -0.4 is 20.3 Å². The number of benzene rings is 2. The number of amides is 2. The maximum Gasteiger partial charge on any atom is 0.240 e. The Morgan fingerprint density at radius 1 is 0.706 bits per heavy atom. The van der Waals surface area contributed by atoms with E-state index in [0.29, 0.717) is 38.9 Å². The third-order valence-corrected chi connectivity index (χ3v) is 4.57. The Kier molecular flexibility index (Phi) is 12.5. The Morgan fingerprint density at radius 3 is 1.44 bits per heavy atom. The average Bonchev–Trinajstić information content (AvgIpc) is 2.85. The fourth-order valence-electron chi connectivity index (χ4n) is 2.78. The molecule has 0 radical (unpaired) electrons. The molecular weight excluding hydrogens is 432 g/mol. The topological polar surface area (TPSA) is 101 Å². The third kappa shape index (κ3) is 11.3. The normalized spacial score (nSPS) is 11.0. The Morgan fingerprint density at radius 2 is 1.09 bits per heavy atom. The van der Waals surface area contributed by atoms with E-state index >= 15 is 0 Å². The molecule has 0 aliphatic carbocycles. The largest absolute Gasteiger partial charge is 0.494 e. The van der Waals surface area contributed by atoms with E-state index in [1.54, 1.807) is 12.4 Å². The van der Waals surface area contributed by atoms with Gasteiger partial charge in [0.1, 0.15) is 11.5 Å². The second-order valence-corrected chi connectivity index (χ2v) is 7.63. The van der Waals surface area contributed by atoms with Gasteiger partial charge in [-0.25, -0.2) is 10.9 Å². The van der Waals surface area contributed by atoms with Gasteiger partial charge in [0.25, 0.3) is 0 Å². The minimum absolute atomic E-state index is 0.191. The number of rotatable bonds is 15. The molecule has 34 heavy (non-hydrogen) atoms. The van der Waals surface area contributed by atoms with Crippen LogP contribution in [-0.4, -0.2) is 37.5 Å². The van der Waals surface area contributed by atoms with Crippen LogP contribution in [0.1, 0.15) is 63.5 Å². The number of hydrogen-bond acceptors (Lipinski definition) is 6. The van der Waals surface area contributed by atoms with Crippen LogP contribution in [0, 0.1) is 0 Å². The number of hydrogen-bond donors (Lipinski definition) is 2. The fraction of sp³-hybridized carbons (Fsp3) is 0.385. The lowest BCUT2D eigenvalue weighted by atomic mass is 10.2. The Balaban J connectivity index is 1.57. The van der Waals surface area contributed by atoms with Crippen LogP contribution in [0.2, 0.25) is 0 Å². The quantitative estimate of drug-likeness (QED) is 0.230. The molecule has 0 aliphatic rings. The highest BCUT2D eigenvalue weighted by Crippen LogP contribution is 2.12. The van der Waals surface area contributed by atoms with E-state index in [0.717, 1.165) is 35.5 Å².